The summed E-state index contributed by atoms with van der Waals surface area (Å²) in [5.41, 5.74) is 3.37. The zero-order chi connectivity index (χ0) is 21.8. The number of rotatable bonds is 4. The Morgan fingerprint density at radius 2 is 1.71 bits per heavy atom. The lowest BCUT2D eigenvalue weighted by Gasteiger charge is -2.22. The number of urea groups is 1. The van der Waals surface area contributed by atoms with Gasteiger partial charge in [-0.3, -0.25) is 14.5 Å². The molecule has 5 rings (SSSR count). The van der Waals surface area contributed by atoms with Crippen LogP contribution in [0, 0.1) is 5.82 Å². The molecule has 1 atom stereocenters. The van der Waals surface area contributed by atoms with E-state index in [1.165, 1.54) is 30.7 Å². The molecule has 154 valence electrons. The van der Waals surface area contributed by atoms with E-state index in [2.05, 4.69) is 11.4 Å². The third kappa shape index (κ3) is 2.94. The zero-order valence-electron chi connectivity index (χ0n) is 16.8. The molecule has 0 spiro atoms. The summed E-state index contributed by atoms with van der Waals surface area (Å²) in [6, 6.07) is 18.6. The van der Waals surface area contributed by atoms with E-state index in [0.717, 1.165) is 28.0 Å². The van der Waals surface area contributed by atoms with Crippen LogP contribution in [0.4, 0.5) is 9.18 Å². The molecule has 1 saturated heterocycles. The van der Waals surface area contributed by atoms with Crippen LogP contribution in [0.5, 0.6) is 0 Å². The minimum atomic E-state index is -1.56. The van der Waals surface area contributed by atoms with E-state index >= 15 is 0 Å². The van der Waals surface area contributed by atoms with Gasteiger partial charge in [0.15, 0.2) is 5.78 Å². The molecule has 1 N–H and O–H groups in total. The summed E-state index contributed by atoms with van der Waals surface area (Å²) in [4.78, 5) is 39.4. The Balaban J connectivity index is 1.41. The Bertz CT molecular complexity index is 1270. The number of halogens is 1. The van der Waals surface area contributed by atoms with E-state index in [1.54, 1.807) is 12.1 Å². The summed E-state index contributed by atoms with van der Waals surface area (Å²) >= 11 is 0. The minimum absolute atomic E-state index is 0.0671. The lowest BCUT2D eigenvalue weighted by molar-refractivity contribution is -0.130. The number of nitrogens with zero attached hydrogens (tertiary/aromatic N) is 1. The van der Waals surface area contributed by atoms with Crippen molar-refractivity contribution in [2.75, 3.05) is 6.54 Å². The molecule has 3 aromatic rings. The summed E-state index contributed by atoms with van der Waals surface area (Å²) in [6.07, 6.45) is 0.813. The molecule has 5 nitrogen and oxygen atoms in total. The van der Waals surface area contributed by atoms with Crippen LogP contribution in [0.25, 0.3) is 11.1 Å². The molecule has 3 aromatic carbocycles. The molecule has 1 aliphatic heterocycles. The molecule has 0 bridgehead atoms. The highest BCUT2D eigenvalue weighted by Gasteiger charge is 2.50. The predicted molar refractivity (Wildman–Crippen MR) is 113 cm³/mol. The number of carbonyl (C=O) groups is 3. The fourth-order valence-corrected chi connectivity index (χ4v) is 4.42. The highest BCUT2D eigenvalue weighted by atomic mass is 19.1. The van der Waals surface area contributed by atoms with Crippen LogP contribution < -0.4 is 5.32 Å². The van der Waals surface area contributed by atoms with Crippen molar-refractivity contribution in [1.29, 1.82) is 0 Å². The summed E-state index contributed by atoms with van der Waals surface area (Å²) in [7, 11) is 0. The molecule has 1 fully saturated rings. The fourth-order valence-electron chi connectivity index (χ4n) is 4.42. The smallest absolute Gasteiger partial charge is 0.319 e. The van der Waals surface area contributed by atoms with Crippen molar-refractivity contribution >= 4 is 17.7 Å². The summed E-state index contributed by atoms with van der Waals surface area (Å²) in [5.74, 6) is -1.60. The molecule has 31 heavy (non-hydrogen) atoms. The van der Waals surface area contributed by atoms with Gasteiger partial charge in [0.2, 0.25) is 0 Å². The number of hydrogen-bond donors (Lipinski definition) is 1. The molecule has 1 unspecified atom stereocenters. The van der Waals surface area contributed by atoms with Gasteiger partial charge in [0, 0.05) is 11.1 Å². The lowest BCUT2D eigenvalue weighted by Crippen LogP contribution is -2.42. The predicted octanol–water partition coefficient (Wildman–Crippen LogP) is 4.05. The van der Waals surface area contributed by atoms with Gasteiger partial charge in [0.1, 0.15) is 11.4 Å². The molecule has 3 amide bonds. The highest BCUT2D eigenvalue weighted by Crippen LogP contribution is 2.37. The lowest BCUT2D eigenvalue weighted by atomic mass is 9.91. The van der Waals surface area contributed by atoms with E-state index in [9.17, 15) is 18.8 Å². The molecule has 0 aromatic heterocycles. The number of hydrogen-bond acceptors (Lipinski definition) is 3. The van der Waals surface area contributed by atoms with Gasteiger partial charge in [-0.05, 0) is 47.7 Å². The largest absolute Gasteiger partial charge is 0.325 e. The van der Waals surface area contributed by atoms with Crippen molar-refractivity contribution in [3.05, 3.63) is 94.8 Å². The first-order valence-electron chi connectivity index (χ1n) is 10.0. The number of fused-ring (bicyclic) bond motifs is 3. The van der Waals surface area contributed by atoms with Crippen LogP contribution in [0.3, 0.4) is 0 Å². The number of ketones is 1. The zero-order valence-corrected chi connectivity index (χ0v) is 16.8. The number of imide groups is 1. The van der Waals surface area contributed by atoms with Crippen LogP contribution in [0.2, 0.25) is 0 Å². The van der Waals surface area contributed by atoms with E-state index in [0.29, 0.717) is 5.56 Å². The van der Waals surface area contributed by atoms with Gasteiger partial charge in [-0.1, -0.05) is 54.6 Å². The van der Waals surface area contributed by atoms with Gasteiger partial charge in [-0.2, -0.15) is 0 Å². The van der Waals surface area contributed by atoms with Gasteiger partial charge < -0.3 is 5.32 Å². The normalized spacial score (nSPS) is 19.2. The van der Waals surface area contributed by atoms with Crippen molar-refractivity contribution in [3.63, 3.8) is 0 Å². The van der Waals surface area contributed by atoms with Gasteiger partial charge in [-0.25, -0.2) is 9.18 Å². The monoisotopic (exact) mass is 414 g/mol. The molecule has 1 heterocycles. The molecule has 1 aliphatic carbocycles. The molecular weight excluding hydrogens is 395 g/mol. The second kappa shape index (κ2) is 6.87. The highest BCUT2D eigenvalue weighted by molar-refractivity contribution is 6.11. The van der Waals surface area contributed by atoms with Gasteiger partial charge in [-0.15, -0.1) is 0 Å². The average Bonchev–Trinajstić information content (AvgIpc) is 3.24. The second-order valence-electron chi connectivity index (χ2n) is 8.06. The number of amides is 3. The van der Waals surface area contributed by atoms with E-state index in [1.807, 2.05) is 30.3 Å². The van der Waals surface area contributed by atoms with Crippen LogP contribution in [-0.2, 0) is 16.8 Å². The molecular formula is C25H19FN2O3. The van der Waals surface area contributed by atoms with Gasteiger partial charge >= 0.3 is 6.03 Å². The fraction of sp³-hybridized carbons (Fsp3) is 0.160. The Morgan fingerprint density at radius 1 is 1.00 bits per heavy atom. The maximum Gasteiger partial charge on any atom is 0.325 e. The van der Waals surface area contributed by atoms with Crippen LogP contribution in [-0.4, -0.2) is 29.2 Å². The Morgan fingerprint density at radius 3 is 2.52 bits per heavy atom. The van der Waals surface area contributed by atoms with Crippen molar-refractivity contribution < 1.29 is 18.8 Å². The van der Waals surface area contributed by atoms with Crippen LogP contribution in [0.1, 0.15) is 34.0 Å². The van der Waals surface area contributed by atoms with Crippen molar-refractivity contribution in [1.82, 2.24) is 10.2 Å². The molecule has 2 aliphatic rings. The number of nitrogens with one attached hydrogen (secondary N) is 1. The Labute approximate surface area is 178 Å². The summed E-state index contributed by atoms with van der Waals surface area (Å²) in [5, 5.41) is 2.54. The molecule has 0 radical (unpaired) electrons. The standard InChI is InChI=1S/C25H19FN2O3/c1-25(20-8-4-5-9-21(20)26)23(30)28(24(31)27-25)14-22(29)17-11-10-16-12-15-6-2-3-7-18(15)19(16)13-17/h2-11,13H,12,14H2,1H3,(H,27,31). The summed E-state index contributed by atoms with van der Waals surface area (Å²) in [6.45, 7) is 1.04. The first-order chi connectivity index (χ1) is 14.9. The van der Waals surface area contributed by atoms with Crippen molar-refractivity contribution in [2.45, 2.75) is 18.9 Å². The first kappa shape index (κ1) is 19.2. The van der Waals surface area contributed by atoms with Crippen molar-refractivity contribution in [2.24, 2.45) is 0 Å². The molecule has 0 saturated carbocycles. The quantitative estimate of drug-likeness (QED) is 0.405. The minimum Gasteiger partial charge on any atom is -0.319 e. The van der Waals surface area contributed by atoms with E-state index in [-0.39, 0.29) is 11.3 Å². The van der Waals surface area contributed by atoms with E-state index < -0.39 is 29.8 Å². The maximum atomic E-state index is 14.3. The second-order valence-corrected chi connectivity index (χ2v) is 8.06. The third-order valence-electron chi connectivity index (χ3n) is 6.11. The topological polar surface area (TPSA) is 66.5 Å². The van der Waals surface area contributed by atoms with Crippen molar-refractivity contribution in [3.8, 4) is 11.1 Å². The molecule has 6 heteroatoms. The van der Waals surface area contributed by atoms with Crippen LogP contribution >= 0.6 is 0 Å². The first-order valence-corrected chi connectivity index (χ1v) is 10.0. The average molecular weight is 414 g/mol. The van der Waals surface area contributed by atoms with Crippen LogP contribution in [0.15, 0.2) is 66.7 Å². The van der Waals surface area contributed by atoms with E-state index in [4.69, 9.17) is 0 Å². The van der Waals surface area contributed by atoms with Gasteiger partial charge in [0.25, 0.3) is 5.91 Å². The number of Topliss-reactive ketones (excluding diaryl/α,β-unsaturated/α-hetero) is 1. The third-order valence-corrected chi connectivity index (χ3v) is 6.11. The maximum absolute atomic E-state index is 14.3. The summed E-state index contributed by atoms with van der Waals surface area (Å²) < 4.78 is 14.3. The van der Waals surface area contributed by atoms with Gasteiger partial charge in [0.05, 0.1) is 6.54 Å². The SMILES string of the molecule is CC1(c2ccccc2F)NC(=O)N(CC(=O)c2ccc3c(c2)-c2ccccc2C3)C1=O. The Kier molecular flexibility index (Phi) is 4.25. The number of carbonyl (C=O) groups excluding carboxylic acids is 3. The Hall–Kier alpha value is -3.80. The number of benzene rings is 3.